The summed E-state index contributed by atoms with van der Waals surface area (Å²) in [5, 5.41) is 8.21. The standard InChI is InChI=1S/C31H36ClN5O5/c1-18-20-10-9-19(34-30(20)42-35-18)17-41-26-12-11-24(32)23-13-15-37(25(28(23)26)16-36-14-5-8-27(36)38)31(40)22-7-4-3-6-21(22)29(39)33-2/h9-12,21-22,25H,3-8,13-17H2,1-2H3,(H,33,39)/t21?,22?,25-/m1/s1. The number of benzene rings is 1. The highest BCUT2D eigenvalue weighted by Crippen LogP contribution is 2.43. The zero-order valence-corrected chi connectivity index (χ0v) is 24.8. The van der Waals surface area contributed by atoms with Crippen molar-refractivity contribution in [2.75, 3.05) is 26.7 Å². The fourth-order valence-corrected chi connectivity index (χ4v) is 7.08. The number of hydrogen-bond acceptors (Lipinski definition) is 7. The van der Waals surface area contributed by atoms with Gasteiger partial charge in [-0.05, 0) is 62.4 Å². The molecule has 3 amide bonds. The Balaban J connectivity index is 1.34. The molecule has 1 N–H and O–H groups in total. The number of hydrogen-bond donors (Lipinski definition) is 1. The molecule has 11 heteroatoms. The molecule has 1 aliphatic carbocycles. The number of aromatic nitrogens is 2. The fourth-order valence-electron chi connectivity index (χ4n) is 6.82. The van der Waals surface area contributed by atoms with Gasteiger partial charge in [0, 0.05) is 55.5 Å². The Hall–Kier alpha value is -3.66. The van der Waals surface area contributed by atoms with E-state index in [1.165, 1.54) is 0 Å². The van der Waals surface area contributed by atoms with E-state index in [9.17, 15) is 14.4 Å². The summed E-state index contributed by atoms with van der Waals surface area (Å²) in [6.07, 6.45) is 5.05. The molecule has 0 radical (unpaired) electrons. The predicted octanol–water partition coefficient (Wildman–Crippen LogP) is 4.36. The normalized spacial score (nSPS) is 22.4. The first kappa shape index (κ1) is 28.5. The first-order valence-corrected chi connectivity index (χ1v) is 15.2. The van der Waals surface area contributed by atoms with Crippen LogP contribution in [0, 0.1) is 18.8 Å². The van der Waals surface area contributed by atoms with Gasteiger partial charge in [0.15, 0.2) is 0 Å². The first-order valence-electron chi connectivity index (χ1n) is 14.8. The number of ether oxygens (including phenoxy) is 1. The monoisotopic (exact) mass is 593 g/mol. The number of rotatable bonds is 7. The third kappa shape index (κ3) is 5.32. The van der Waals surface area contributed by atoms with Gasteiger partial charge in [-0.3, -0.25) is 14.4 Å². The largest absolute Gasteiger partial charge is 0.487 e. The van der Waals surface area contributed by atoms with E-state index in [4.69, 9.17) is 20.9 Å². The van der Waals surface area contributed by atoms with Gasteiger partial charge in [0.25, 0.3) is 5.71 Å². The van der Waals surface area contributed by atoms with E-state index in [1.807, 2.05) is 41.0 Å². The van der Waals surface area contributed by atoms with Crippen molar-refractivity contribution in [2.24, 2.45) is 11.8 Å². The van der Waals surface area contributed by atoms with Crippen molar-refractivity contribution in [1.29, 1.82) is 0 Å². The Morgan fingerprint density at radius 3 is 2.67 bits per heavy atom. The summed E-state index contributed by atoms with van der Waals surface area (Å²) in [5.74, 6) is -0.200. The molecule has 6 rings (SSSR count). The number of nitrogens with one attached hydrogen (secondary N) is 1. The summed E-state index contributed by atoms with van der Waals surface area (Å²) >= 11 is 6.74. The number of nitrogens with zero attached hydrogens (tertiary/aromatic N) is 4. The van der Waals surface area contributed by atoms with Crippen molar-refractivity contribution in [3.05, 3.63) is 51.8 Å². The van der Waals surface area contributed by atoms with Crippen LogP contribution in [0.15, 0.2) is 28.8 Å². The molecule has 2 aliphatic heterocycles. The lowest BCUT2D eigenvalue weighted by molar-refractivity contribution is -0.147. The number of carbonyl (C=O) groups is 3. The summed E-state index contributed by atoms with van der Waals surface area (Å²) in [5.41, 5.74) is 3.65. The van der Waals surface area contributed by atoms with Crippen LogP contribution in [0.3, 0.4) is 0 Å². The molecule has 3 aromatic rings. The molecule has 222 valence electrons. The zero-order chi connectivity index (χ0) is 29.4. The molecule has 1 aromatic carbocycles. The summed E-state index contributed by atoms with van der Waals surface area (Å²) < 4.78 is 11.7. The highest BCUT2D eigenvalue weighted by molar-refractivity contribution is 6.31. The van der Waals surface area contributed by atoms with Crippen molar-refractivity contribution < 1.29 is 23.6 Å². The quantitative estimate of drug-likeness (QED) is 0.432. The maximum Gasteiger partial charge on any atom is 0.258 e. The molecule has 2 aromatic heterocycles. The molecule has 1 saturated carbocycles. The van der Waals surface area contributed by atoms with E-state index in [0.29, 0.717) is 67.5 Å². The second kappa shape index (κ2) is 11.9. The van der Waals surface area contributed by atoms with Crippen LogP contribution in [-0.2, 0) is 27.4 Å². The Kier molecular flexibility index (Phi) is 8.07. The second-order valence-corrected chi connectivity index (χ2v) is 11.9. The van der Waals surface area contributed by atoms with Gasteiger partial charge in [-0.1, -0.05) is 29.6 Å². The molecule has 4 heterocycles. The van der Waals surface area contributed by atoms with Crippen molar-refractivity contribution >= 4 is 40.4 Å². The van der Waals surface area contributed by atoms with Gasteiger partial charge in [0.1, 0.15) is 12.4 Å². The SMILES string of the molecule is CNC(=O)C1CCCCC1C(=O)N1CCc2c(Cl)ccc(OCc3ccc4c(C)noc4n3)c2[C@H]1CN1CCCC1=O. The molecule has 3 aliphatic rings. The van der Waals surface area contributed by atoms with E-state index in [-0.39, 0.29) is 30.2 Å². The number of fused-ring (bicyclic) bond motifs is 2. The maximum atomic E-state index is 14.3. The van der Waals surface area contributed by atoms with Crippen LogP contribution in [0.5, 0.6) is 5.75 Å². The molecule has 0 bridgehead atoms. The highest BCUT2D eigenvalue weighted by Gasteiger charge is 2.43. The first-order chi connectivity index (χ1) is 20.4. The third-order valence-electron chi connectivity index (χ3n) is 9.04. The average Bonchev–Trinajstić information content (AvgIpc) is 3.60. The van der Waals surface area contributed by atoms with Gasteiger partial charge in [0.05, 0.1) is 22.8 Å². The van der Waals surface area contributed by atoms with E-state index >= 15 is 0 Å². The van der Waals surface area contributed by atoms with Crippen LogP contribution < -0.4 is 10.1 Å². The van der Waals surface area contributed by atoms with Gasteiger partial charge in [-0.25, -0.2) is 4.98 Å². The Bertz CT molecular complexity index is 1520. The lowest BCUT2D eigenvalue weighted by Crippen LogP contribution is -2.50. The Labute approximate surface area is 249 Å². The Morgan fingerprint density at radius 2 is 1.90 bits per heavy atom. The summed E-state index contributed by atoms with van der Waals surface area (Å²) in [6.45, 7) is 3.50. The Morgan fingerprint density at radius 1 is 1.10 bits per heavy atom. The topological polar surface area (TPSA) is 118 Å². The van der Waals surface area contributed by atoms with Crippen LogP contribution in [0.1, 0.15) is 67.1 Å². The second-order valence-electron chi connectivity index (χ2n) is 11.5. The molecule has 0 spiro atoms. The lowest BCUT2D eigenvalue weighted by atomic mass is 9.77. The van der Waals surface area contributed by atoms with Crippen molar-refractivity contribution in [2.45, 2.75) is 64.5 Å². The number of pyridine rings is 1. The molecule has 3 atom stereocenters. The lowest BCUT2D eigenvalue weighted by Gasteiger charge is -2.43. The van der Waals surface area contributed by atoms with Gasteiger partial charge in [0.2, 0.25) is 17.7 Å². The van der Waals surface area contributed by atoms with Gasteiger partial charge >= 0.3 is 0 Å². The summed E-state index contributed by atoms with van der Waals surface area (Å²) in [7, 11) is 1.62. The number of halogens is 1. The van der Waals surface area contributed by atoms with Gasteiger partial charge in [-0.15, -0.1) is 0 Å². The van der Waals surface area contributed by atoms with Crippen molar-refractivity contribution in [1.82, 2.24) is 25.3 Å². The minimum atomic E-state index is -0.448. The average molecular weight is 594 g/mol. The summed E-state index contributed by atoms with van der Waals surface area (Å²) in [6, 6.07) is 7.01. The van der Waals surface area contributed by atoms with E-state index in [0.717, 1.165) is 41.5 Å². The number of aryl methyl sites for hydroxylation is 1. The molecular formula is C31H36ClN5O5. The van der Waals surface area contributed by atoms with E-state index in [2.05, 4.69) is 15.5 Å². The smallest absolute Gasteiger partial charge is 0.258 e. The molecule has 2 fully saturated rings. The highest BCUT2D eigenvalue weighted by atomic mass is 35.5. The van der Waals surface area contributed by atoms with Crippen LogP contribution in [-0.4, -0.2) is 64.3 Å². The predicted molar refractivity (Wildman–Crippen MR) is 156 cm³/mol. The fraction of sp³-hybridized carbons (Fsp3) is 0.516. The van der Waals surface area contributed by atoms with Crippen LogP contribution >= 0.6 is 11.6 Å². The van der Waals surface area contributed by atoms with Crippen LogP contribution in [0.4, 0.5) is 0 Å². The molecule has 42 heavy (non-hydrogen) atoms. The minimum Gasteiger partial charge on any atom is -0.487 e. The molecule has 1 saturated heterocycles. The summed E-state index contributed by atoms with van der Waals surface area (Å²) in [4.78, 5) is 48.1. The number of amides is 3. The number of likely N-dealkylation sites (tertiary alicyclic amines) is 1. The van der Waals surface area contributed by atoms with Crippen molar-refractivity contribution in [3.8, 4) is 5.75 Å². The van der Waals surface area contributed by atoms with Gasteiger partial charge < -0.3 is 24.4 Å². The van der Waals surface area contributed by atoms with Crippen LogP contribution in [0.25, 0.3) is 11.1 Å². The minimum absolute atomic E-state index is 0.0377. The van der Waals surface area contributed by atoms with E-state index in [1.54, 1.807) is 7.05 Å². The molecule has 10 nitrogen and oxygen atoms in total. The van der Waals surface area contributed by atoms with Gasteiger partial charge in [-0.2, -0.15) is 0 Å². The van der Waals surface area contributed by atoms with Crippen molar-refractivity contribution in [3.63, 3.8) is 0 Å². The zero-order valence-electron chi connectivity index (χ0n) is 24.0. The van der Waals surface area contributed by atoms with E-state index < -0.39 is 12.0 Å². The molecule has 2 unspecified atom stereocenters. The maximum absolute atomic E-state index is 14.3. The van der Waals surface area contributed by atoms with Crippen LogP contribution in [0.2, 0.25) is 5.02 Å². The number of carbonyl (C=O) groups excluding carboxylic acids is 3. The third-order valence-corrected chi connectivity index (χ3v) is 9.39. The molecular weight excluding hydrogens is 558 g/mol.